The molecule has 1 saturated heterocycles. The summed E-state index contributed by atoms with van der Waals surface area (Å²) < 4.78 is 49.2. The largest absolute Gasteiger partial charge is 0.497 e. The number of rotatable bonds is 5. The smallest absolute Gasteiger partial charge is 0.416 e. The molecule has 0 bridgehead atoms. The third-order valence-electron chi connectivity index (χ3n) is 5.51. The highest BCUT2D eigenvalue weighted by Gasteiger charge is 2.31. The van der Waals surface area contributed by atoms with Crippen molar-refractivity contribution in [3.8, 4) is 17.2 Å². The molecular formula is C23H22F3N3O3. The molecule has 0 aliphatic carbocycles. The Morgan fingerprint density at radius 2 is 1.97 bits per heavy atom. The van der Waals surface area contributed by atoms with Crippen molar-refractivity contribution < 1.29 is 27.1 Å². The quantitative estimate of drug-likeness (QED) is 0.569. The molecule has 1 aliphatic rings. The molecule has 1 atom stereocenters. The van der Waals surface area contributed by atoms with Crippen LogP contribution in [0, 0.1) is 0 Å². The van der Waals surface area contributed by atoms with E-state index in [1.54, 1.807) is 12.0 Å². The molecule has 1 aromatic heterocycles. The van der Waals surface area contributed by atoms with E-state index in [4.69, 9.17) is 9.15 Å². The third-order valence-corrected chi connectivity index (χ3v) is 5.51. The molecular weight excluding hydrogens is 423 g/mol. The number of ether oxygens (including phenoxy) is 1. The number of aromatic nitrogens is 2. The van der Waals surface area contributed by atoms with Crippen LogP contribution in [-0.4, -0.2) is 41.2 Å². The van der Waals surface area contributed by atoms with Crippen molar-refractivity contribution in [3.05, 3.63) is 65.5 Å². The minimum absolute atomic E-state index is 0.00503. The zero-order valence-electron chi connectivity index (χ0n) is 17.4. The molecule has 32 heavy (non-hydrogen) atoms. The maximum Gasteiger partial charge on any atom is 0.416 e. The number of methoxy groups -OCH3 is 1. The van der Waals surface area contributed by atoms with Gasteiger partial charge in [-0.1, -0.05) is 12.1 Å². The number of hydrogen-bond donors (Lipinski definition) is 0. The highest BCUT2D eigenvalue weighted by Crippen LogP contribution is 2.32. The van der Waals surface area contributed by atoms with Crippen molar-refractivity contribution in [1.29, 1.82) is 0 Å². The summed E-state index contributed by atoms with van der Waals surface area (Å²) in [6.45, 7) is 1.11. The minimum Gasteiger partial charge on any atom is -0.497 e. The summed E-state index contributed by atoms with van der Waals surface area (Å²) in [5, 5.41) is 8.09. The lowest BCUT2D eigenvalue weighted by atomic mass is 9.97. The SMILES string of the molecule is COc1cccc(CC(=O)N2CCCC(c3nnc(-c4ccc(C(F)(F)F)cc4)o3)C2)c1. The molecule has 0 spiro atoms. The van der Waals surface area contributed by atoms with E-state index in [1.165, 1.54) is 12.1 Å². The second kappa shape index (κ2) is 9.02. The van der Waals surface area contributed by atoms with Crippen LogP contribution in [0.4, 0.5) is 13.2 Å². The van der Waals surface area contributed by atoms with Gasteiger partial charge < -0.3 is 14.1 Å². The van der Waals surface area contributed by atoms with E-state index < -0.39 is 11.7 Å². The molecule has 1 amide bonds. The van der Waals surface area contributed by atoms with Gasteiger partial charge in [-0.15, -0.1) is 10.2 Å². The van der Waals surface area contributed by atoms with Crippen molar-refractivity contribution in [2.75, 3.05) is 20.2 Å². The predicted octanol–water partition coefficient (Wildman–Crippen LogP) is 4.71. The van der Waals surface area contributed by atoms with Crippen molar-refractivity contribution >= 4 is 5.91 Å². The van der Waals surface area contributed by atoms with Crippen LogP contribution in [0.25, 0.3) is 11.5 Å². The Morgan fingerprint density at radius 3 is 2.69 bits per heavy atom. The molecule has 1 unspecified atom stereocenters. The van der Waals surface area contributed by atoms with Crippen LogP contribution in [0.5, 0.6) is 5.75 Å². The molecule has 0 saturated carbocycles. The molecule has 2 heterocycles. The summed E-state index contributed by atoms with van der Waals surface area (Å²) in [7, 11) is 1.58. The van der Waals surface area contributed by atoms with Crippen LogP contribution in [-0.2, 0) is 17.4 Å². The molecule has 0 N–H and O–H groups in total. The van der Waals surface area contributed by atoms with Gasteiger partial charge in [0.15, 0.2) is 0 Å². The third kappa shape index (κ3) is 4.92. The fraction of sp³-hybridized carbons (Fsp3) is 0.348. The Labute approximate surface area is 183 Å². The van der Waals surface area contributed by atoms with Gasteiger partial charge in [0.2, 0.25) is 17.7 Å². The average molecular weight is 445 g/mol. The van der Waals surface area contributed by atoms with Crippen molar-refractivity contribution in [3.63, 3.8) is 0 Å². The molecule has 2 aromatic carbocycles. The van der Waals surface area contributed by atoms with E-state index in [2.05, 4.69) is 10.2 Å². The summed E-state index contributed by atoms with van der Waals surface area (Å²) in [6, 6.07) is 12.0. The van der Waals surface area contributed by atoms with Crippen molar-refractivity contribution in [2.24, 2.45) is 0 Å². The summed E-state index contributed by atoms with van der Waals surface area (Å²) in [6.07, 6.45) is -2.55. The van der Waals surface area contributed by atoms with Crippen LogP contribution in [0.1, 0.15) is 35.8 Å². The van der Waals surface area contributed by atoms with E-state index in [0.29, 0.717) is 30.3 Å². The molecule has 4 rings (SSSR count). The second-order valence-corrected chi connectivity index (χ2v) is 7.73. The normalized spacial score (nSPS) is 16.8. The van der Waals surface area contributed by atoms with E-state index in [-0.39, 0.29) is 24.1 Å². The number of carbonyl (C=O) groups excluding carboxylic acids is 1. The fourth-order valence-electron chi connectivity index (χ4n) is 3.79. The standard InChI is InChI=1S/C23H22F3N3O3/c1-31-19-6-2-4-15(12-19)13-20(30)29-11-3-5-17(14-29)22-28-27-21(32-22)16-7-9-18(10-8-16)23(24,25)26/h2,4,6-10,12,17H,3,5,11,13-14H2,1H3. The number of halogens is 3. The first-order valence-corrected chi connectivity index (χ1v) is 10.2. The van der Waals surface area contributed by atoms with Gasteiger partial charge in [-0.3, -0.25) is 4.79 Å². The fourth-order valence-corrected chi connectivity index (χ4v) is 3.79. The number of alkyl halides is 3. The Morgan fingerprint density at radius 1 is 1.19 bits per heavy atom. The van der Waals surface area contributed by atoms with E-state index in [1.807, 2.05) is 24.3 Å². The lowest BCUT2D eigenvalue weighted by molar-refractivity contribution is -0.137. The number of nitrogens with zero attached hydrogens (tertiary/aromatic N) is 3. The summed E-state index contributed by atoms with van der Waals surface area (Å²) in [5.74, 6) is 1.14. The summed E-state index contributed by atoms with van der Waals surface area (Å²) in [5.41, 5.74) is 0.552. The maximum atomic E-state index is 12.8. The number of likely N-dealkylation sites (tertiary alicyclic amines) is 1. The van der Waals surface area contributed by atoms with Gasteiger partial charge in [-0.25, -0.2) is 0 Å². The molecule has 1 fully saturated rings. The lowest BCUT2D eigenvalue weighted by Crippen LogP contribution is -2.40. The lowest BCUT2D eigenvalue weighted by Gasteiger charge is -2.31. The zero-order chi connectivity index (χ0) is 22.7. The first-order valence-electron chi connectivity index (χ1n) is 10.2. The van der Waals surface area contributed by atoms with Gasteiger partial charge in [0.1, 0.15) is 5.75 Å². The van der Waals surface area contributed by atoms with E-state index >= 15 is 0 Å². The Bertz CT molecular complexity index is 1080. The minimum atomic E-state index is -4.40. The van der Waals surface area contributed by atoms with Crippen LogP contribution in [0.2, 0.25) is 0 Å². The number of carbonyl (C=O) groups is 1. The maximum absolute atomic E-state index is 12.8. The average Bonchev–Trinajstić information content (AvgIpc) is 3.29. The highest BCUT2D eigenvalue weighted by atomic mass is 19.4. The molecule has 9 heteroatoms. The summed E-state index contributed by atoms with van der Waals surface area (Å²) >= 11 is 0. The topological polar surface area (TPSA) is 68.5 Å². The van der Waals surface area contributed by atoms with Gasteiger partial charge >= 0.3 is 6.18 Å². The van der Waals surface area contributed by atoms with Crippen LogP contribution in [0.15, 0.2) is 52.9 Å². The van der Waals surface area contributed by atoms with Gasteiger partial charge in [0.05, 0.1) is 25.0 Å². The number of piperidine rings is 1. The van der Waals surface area contributed by atoms with Gasteiger partial charge in [0.25, 0.3) is 0 Å². The highest BCUT2D eigenvalue weighted by molar-refractivity contribution is 5.79. The first kappa shape index (κ1) is 21.9. The monoisotopic (exact) mass is 445 g/mol. The first-order chi connectivity index (χ1) is 15.3. The van der Waals surface area contributed by atoms with E-state index in [9.17, 15) is 18.0 Å². The molecule has 3 aromatic rings. The van der Waals surface area contributed by atoms with Crippen molar-refractivity contribution in [1.82, 2.24) is 15.1 Å². The molecule has 168 valence electrons. The zero-order valence-corrected chi connectivity index (χ0v) is 17.4. The predicted molar refractivity (Wildman–Crippen MR) is 110 cm³/mol. The Hall–Kier alpha value is -3.36. The van der Waals surface area contributed by atoms with Gasteiger partial charge in [0, 0.05) is 18.7 Å². The molecule has 0 radical (unpaired) electrons. The Balaban J connectivity index is 1.42. The molecule has 6 nitrogen and oxygen atoms in total. The molecule has 1 aliphatic heterocycles. The van der Waals surface area contributed by atoms with Crippen LogP contribution >= 0.6 is 0 Å². The van der Waals surface area contributed by atoms with Crippen LogP contribution < -0.4 is 4.74 Å². The second-order valence-electron chi connectivity index (χ2n) is 7.73. The summed E-state index contributed by atoms with van der Waals surface area (Å²) in [4.78, 5) is 14.6. The Kier molecular flexibility index (Phi) is 6.16. The van der Waals surface area contributed by atoms with Gasteiger partial charge in [-0.05, 0) is 54.8 Å². The number of hydrogen-bond acceptors (Lipinski definition) is 5. The number of amides is 1. The number of benzene rings is 2. The van der Waals surface area contributed by atoms with Crippen molar-refractivity contribution in [2.45, 2.75) is 31.4 Å². The van der Waals surface area contributed by atoms with Gasteiger partial charge in [-0.2, -0.15) is 13.2 Å². The van der Waals surface area contributed by atoms with Crippen LogP contribution in [0.3, 0.4) is 0 Å². The van der Waals surface area contributed by atoms with E-state index in [0.717, 1.165) is 30.5 Å².